The molecule has 2 rings (SSSR count). The van der Waals surface area contributed by atoms with E-state index in [0.717, 1.165) is 0 Å². The van der Waals surface area contributed by atoms with Gasteiger partial charge in [-0.2, -0.15) is 5.26 Å². The van der Waals surface area contributed by atoms with E-state index in [1.54, 1.807) is 39.0 Å². The van der Waals surface area contributed by atoms with Crippen LogP contribution in [0.4, 0.5) is 10.5 Å². The number of amides is 2. The molecule has 128 valence electrons. The van der Waals surface area contributed by atoms with Gasteiger partial charge in [-0.15, -0.1) is 0 Å². The number of anilines is 1. The highest BCUT2D eigenvalue weighted by atomic mass is 35.5. The number of ether oxygens (including phenoxy) is 2. The zero-order valence-electron chi connectivity index (χ0n) is 13.6. The third kappa shape index (κ3) is 4.77. The Morgan fingerprint density at radius 1 is 1.54 bits per heavy atom. The van der Waals surface area contributed by atoms with Crippen LogP contribution in [-0.2, 0) is 9.53 Å². The van der Waals surface area contributed by atoms with Gasteiger partial charge in [0.15, 0.2) is 6.10 Å². The van der Waals surface area contributed by atoms with Gasteiger partial charge >= 0.3 is 6.09 Å². The standard InChI is InChI=1S/C16H18ClN3O4/c1-16(2,3)24-15(22)19-10(8-18)7-13-14(21)20-11-6-9(17)4-5-12(11)23-13/h4-6,10,13H,7H2,1-3H3,(H,19,22)(H,20,21)/t10-,13-/m0/s1. The summed E-state index contributed by atoms with van der Waals surface area (Å²) in [7, 11) is 0. The number of nitrogens with one attached hydrogen (secondary N) is 2. The number of rotatable bonds is 3. The first kappa shape index (κ1) is 17.9. The van der Waals surface area contributed by atoms with E-state index in [1.165, 1.54) is 0 Å². The highest BCUT2D eigenvalue weighted by molar-refractivity contribution is 6.31. The molecular weight excluding hydrogens is 334 g/mol. The molecule has 0 aromatic heterocycles. The van der Waals surface area contributed by atoms with Crippen molar-refractivity contribution in [1.29, 1.82) is 5.26 Å². The minimum absolute atomic E-state index is 0.0103. The summed E-state index contributed by atoms with van der Waals surface area (Å²) < 4.78 is 10.7. The van der Waals surface area contributed by atoms with Crippen molar-refractivity contribution in [1.82, 2.24) is 5.32 Å². The number of fused-ring (bicyclic) bond motifs is 1. The van der Waals surface area contributed by atoms with Crippen LogP contribution >= 0.6 is 11.6 Å². The molecule has 1 aliphatic rings. The van der Waals surface area contributed by atoms with Crippen molar-refractivity contribution in [3.05, 3.63) is 23.2 Å². The maximum Gasteiger partial charge on any atom is 0.408 e. The molecule has 0 unspecified atom stereocenters. The van der Waals surface area contributed by atoms with Crippen molar-refractivity contribution in [2.24, 2.45) is 0 Å². The summed E-state index contributed by atoms with van der Waals surface area (Å²) in [6, 6.07) is 5.84. The van der Waals surface area contributed by atoms with Crippen molar-refractivity contribution in [2.75, 3.05) is 5.32 Å². The average molecular weight is 352 g/mol. The molecule has 0 aliphatic carbocycles. The molecule has 1 aromatic rings. The van der Waals surface area contributed by atoms with Crippen LogP contribution in [0.5, 0.6) is 5.75 Å². The van der Waals surface area contributed by atoms with Crippen LogP contribution in [0.2, 0.25) is 5.02 Å². The normalized spacial score (nSPS) is 17.6. The van der Waals surface area contributed by atoms with Crippen LogP contribution in [0.1, 0.15) is 27.2 Å². The molecule has 2 N–H and O–H groups in total. The molecule has 2 atom stereocenters. The Morgan fingerprint density at radius 2 is 2.25 bits per heavy atom. The first-order chi connectivity index (χ1) is 11.2. The van der Waals surface area contributed by atoms with Crippen LogP contribution in [0, 0.1) is 11.3 Å². The summed E-state index contributed by atoms with van der Waals surface area (Å²) in [6.07, 6.45) is -1.64. The van der Waals surface area contributed by atoms with Crippen molar-refractivity contribution >= 4 is 29.3 Å². The van der Waals surface area contributed by atoms with Gasteiger partial charge in [0.25, 0.3) is 5.91 Å². The Morgan fingerprint density at radius 3 is 2.88 bits per heavy atom. The Balaban J connectivity index is 2.01. The Labute approximate surface area is 144 Å². The number of benzene rings is 1. The summed E-state index contributed by atoms with van der Waals surface area (Å²) in [5, 5.41) is 14.8. The van der Waals surface area contributed by atoms with E-state index in [9.17, 15) is 14.9 Å². The first-order valence-corrected chi connectivity index (χ1v) is 7.72. The van der Waals surface area contributed by atoms with Crippen molar-refractivity contribution in [2.45, 2.75) is 44.9 Å². The fraction of sp³-hybridized carbons (Fsp3) is 0.438. The number of hydrogen-bond donors (Lipinski definition) is 2. The molecule has 0 radical (unpaired) electrons. The van der Waals surface area contributed by atoms with E-state index in [1.807, 2.05) is 6.07 Å². The number of halogens is 1. The molecule has 0 fully saturated rings. The van der Waals surface area contributed by atoms with E-state index in [-0.39, 0.29) is 6.42 Å². The van der Waals surface area contributed by atoms with E-state index in [4.69, 9.17) is 21.1 Å². The van der Waals surface area contributed by atoms with Gasteiger partial charge in [0, 0.05) is 11.4 Å². The molecule has 1 heterocycles. The Hall–Kier alpha value is -2.46. The molecule has 2 amide bonds. The van der Waals surface area contributed by atoms with Crippen LogP contribution in [0.25, 0.3) is 0 Å². The second kappa shape index (κ2) is 6.97. The maximum atomic E-state index is 12.1. The number of carbonyl (C=O) groups is 2. The van der Waals surface area contributed by atoms with E-state index < -0.39 is 29.7 Å². The Bertz CT molecular complexity index is 694. The van der Waals surface area contributed by atoms with E-state index in [2.05, 4.69) is 10.6 Å². The monoisotopic (exact) mass is 351 g/mol. The number of nitrogens with zero attached hydrogens (tertiary/aromatic N) is 1. The molecular formula is C16H18ClN3O4. The SMILES string of the molecule is CC(C)(C)OC(=O)N[C@H](C#N)C[C@@H]1Oc2ccc(Cl)cc2NC1=O. The molecule has 0 saturated heterocycles. The molecule has 8 heteroatoms. The zero-order valence-corrected chi connectivity index (χ0v) is 14.3. The minimum atomic E-state index is -0.926. The highest BCUT2D eigenvalue weighted by Gasteiger charge is 2.31. The van der Waals surface area contributed by atoms with Gasteiger partial charge in [0.1, 0.15) is 17.4 Å². The average Bonchev–Trinajstić information content (AvgIpc) is 2.45. The predicted molar refractivity (Wildman–Crippen MR) is 87.9 cm³/mol. The third-order valence-electron chi connectivity index (χ3n) is 3.06. The van der Waals surface area contributed by atoms with Gasteiger partial charge in [-0.3, -0.25) is 4.79 Å². The fourth-order valence-electron chi connectivity index (χ4n) is 2.09. The number of carbonyl (C=O) groups excluding carboxylic acids is 2. The Kier molecular flexibility index (Phi) is 5.20. The van der Waals surface area contributed by atoms with Crippen LogP contribution in [0.3, 0.4) is 0 Å². The topological polar surface area (TPSA) is 100 Å². The summed E-state index contributed by atoms with van der Waals surface area (Å²) >= 11 is 5.87. The summed E-state index contributed by atoms with van der Waals surface area (Å²) in [5.74, 6) is 0.0500. The smallest absolute Gasteiger partial charge is 0.408 e. The second-order valence-corrected chi connectivity index (χ2v) is 6.74. The molecule has 0 bridgehead atoms. The molecule has 0 spiro atoms. The maximum absolute atomic E-state index is 12.1. The summed E-state index contributed by atoms with van der Waals surface area (Å²) in [6.45, 7) is 5.15. The lowest BCUT2D eigenvalue weighted by Gasteiger charge is -2.27. The van der Waals surface area contributed by atoms with E-state index >= 15 is 0 Å². The molecule has 7 nitrogen and oxygen atoms in total. The minimum Gasteiger partial charge on any atom is -0.478 e. The molecule has 1 aromatic carbocycles. The largest absolute Gasteiger partial charge is 0.478 e. The summed E-state index contributed by atoms with van der Waals surface area (Å²) in [4.78, 5) is 23.8. The first-order valence-electron chi connectivity index (χ1n) is 7.34. The quantitative estimate of drug-likeness (QED) is 0.872. The van der Waals surface area contributed by atoms with Crippen LogP contribution in [-0.4, -0.2) is 29.7 Å². The zero-order chi connectivity index (χ0) is 17.9. The van der Waals surface area contributed by atoms with Gasteiger partial charge in [-0.1, -0.05) is 11.6 Å². The van der Waals surface area contributed by atoms with Gasteiger partial charge in [-0.05, 0) is 39.0 Å². The number of nitriles is 1. The third-order valence-corrected chi connectivity index (χ3v) is 3.29. The van der Waals surface area contributed by atoms with Crippen LogP contribution < -0.4 is 15.4 Å². The lowest BCUT2D eigenvalue weighted by Crippen LogP contribution is -2.45. The van der Waals surface area contributed by atoms with Crippen LogP contribution in [0.15, 0.2) is 18.2 Å². The predicted octanol–water partition coefficient (Wildman–Crippen LogP) is 2.85. The van der Waals surface area contributed by atoms with Gasteiger partial charge in [0.2, 0.25) is 0 Å². The van der Waals surface area contributed by atoms with E-state index in [0.29, 0.717) is 16.5 Å². The lowest BCUT2D eigenvalue weighted by atomic mass is 10.1. The molecule has 0 saturated carbocycles. The van der Waals surface area contributed by atoms with Crippen molar-refractivity contribution in [3.63, 3.8) is 0 Å². The second-order valence-electron chi connectivity index (χ2n) is 6.30. The number of hydrogen-bond acceptors (Lipinski definition) is 5. The number of alkyl carbamates (subject to hydrolysis) is 1. The van der Waals surface area contributed by atoms with Gasteiger partial charge < -0.3 is 20.1 Å². The van der Waals surface area contributed by atoms with Gasteiger partial charge in [-0.25, -0.2) is 4.79 Å². The van der Waals surface area contributed by atoms with Crippen molar-refractivity contribution < 1.29 is 19.1 Å². The van der Waals surface area contributed by atoms with Gasteiger partial charge in [0.05, 0.1) is 11.8 Å². The highest BCUT2D eigenvalue weighted by Crippen LogP contribution is 2.32. The molecule has 24 heavy (non-hydrogen) atoms. The fourth-order valence-corrected chi connectivity index (χ4v) is 2.26. The van der Waals surface area contributed by atoms with Crippen molar-refractivity contribution in [3.8, 4) is 11.8 Å². The molecule has 1 aliphatic heterocycles. The lowest BCUT2D eigenvalue weighted by molar-refractivity contribution is -0.123. The summed E-state index contributed by atoms with van der Waals surface area (Å²) in [5.41, 5.74) is -0.210.